The van der Waals surface area contributed by atoms with Gasteiger partial charge in [0, 0.05) is 33.2 Å². The summed E-state index contributed by atoms with van der Waals surface area (Å²) in [7, 11) is -41.6. The van der Waals surface area contributed by atoms with E-state index in [4.69, 9.17) is 70.0 Å². The first kappa shape index (κ1) is 113. The lowest BCUT2D eigenvalue weighted by atomic mass is 9.73. The monoisotopic (exact) mass is 2210 g/mol. The van der Waals surface area contributed by atoms with E-state index in [1.54, 1.807) is 0 Å². The molecule has 26 atom stereocenters. The van der Waals surface area contributed by atoms with Gasteiger partial charge in [-0.3, -0.25) is 0 Å². The maximum Gasteiger partial charge on any atom is 0.473 e. The van der Waals surface area contributed by atoms with Crippen molar-refractivity contribution in [2.24, 2.45) is 118 Å². The zero-order valence-corrected chi connectivity index (χ0v) is 114. The van der Waals surface area contributed by atoms with E-state index >= 15 is 0 Å². The molecular weight excluding hydrogens is 2010 g/mol. The number of allylic oxidation sites excluding steroid dienone is 12. The summed E-state index contributed by atoms with van der Waals surface area (Å²) < 4.78 is 115. The largest absolute Gasteiger partial charge is 0.473 e. The SMILES string of the molecule is C[Si](C)(C)O[Si](C)(O[Si](C)(C)C)C1CC2C=CC1C2.C[Si](C)(C)O[Si](C)(O[Si](C)(C)C)C1CC2CC1C1C3C=CC(C3)C21.C[Si](C)(C)O[Si](O[Si](C)(C)C)(O[Si](C)(C)C)C1CC2C=CC1C2.C[Si](C)(C)O[Si](O[Si](C)(C)C)(O[Si](C)(C)C)C1CC2CC1C1C3C=CC(C3)C21.C[Si]1(C)O[Si](C)(C)O[Si](C)(C2CC3C=CC2C3)O1.C[Si]1(C)O[Si](C)(C)O[Si](C)(C2CC3C=CC2C3)O[Si](C)(C)O1. The van der Waals surface area contributed by atoms with Crippen LogP contribution in [-0.4, -0.2) is 178 Å². The molecule has 0 N–H and O–H groups in total. The van der Waals surface area contributed by atoms with Gasteiger partial charge in [0.15, 0.2) is 83.2 Å². The quantitative estimate of drug-likeness (QED) is 0.0457. The third-order valence-electron chi connectivity index (χ3n) is 31.3. The molecule has 17 nitrogen and oxygen atoms in total. The summed E-state index contributed by atoms with van der Waals surface area (Å²) in [5.74, 6) is 16.5. The normalized spacial score (nSPS) is 38.1. The third kappa shape index (κ3) is 28.3. The van der Waals surface area contributed by atoms with Crippen LogP contribution >= 0.6 is 0 Å². The number of fused-ring (bicyclic) bond motifs is 26. The summed E-state index contributed by atoms with van der Waals surface area (Å²) in [6.07, 6.45) is 48.1. The lowest BCUT2D eigenvalue weighted by molar-refractivity contribution is 0.153. The topological polar surface area (TPSA) is 157 Å². The summed E-state index contributed by atoms with van der Waals surface area (Å²) in [6.45, 7) is 100. The first-order chi connectivity index (χ1) is 60.4. The van der Waals surface area contributed by atoms with Gasteiger partial charge in [0.1, 0.15) is 0 Å². The number of hydrogen-bond acceptors (Lipinski definition) is 17. The van der Waals surface area contributed by atoms with Crippen molar-refractivity contribution < 1.29 is 70.0 Å². The van der Waals surface area contributed by atoms with Crippen molar-refractivity contribution in [3.63, 3.8) is 0 Å². The van der Waals surface area contributed by atoms with Gasteiger partial charge in [-0.05, 0) is 496 Å². The molecule has 0 aromatic rings. The van der Waals surface area contributed by atoms with Crippen LogP contribution in [0.2, 0.25) is 321 Å². The van der Waals surface area contributed by atoms with E-state index in [9.17, 15) is 0 Å². The van der Waals surface area contributed by atoms with Crippen molar-refractivity contribution >= 4 is 178 Å². The fourth-order valence-electron chi connectivity index (χ4n) is 30.5. The Labute approximate surface area is 842 Å². The predicted octanol–water partition coefficient (Wildman–Crippen LogP) is 29.8. The van der Waals surface area contributed by atoms with E-state index in [2.05, 4.69) is 361 Å². The Morgan fingerprint density at radius 1 is 0.194 bits per heavy atom. The summed E-state index contributed by atoms with van der Waals surface area (Å²) in [5.41, 5.74) is 3.64. The number of rotatable bonds is 26. The van der Waals surface area contributed by atoms with E-state index in [1.807, 2.05) is 0 Å². The van der Waals surface area contributed by atoms with Crippen molar-refractivity contribution in [3.8, 4) is 0 Å². The lowest BCUT2D eigenvalue weighted by Gasteiger charge is -2.51. The average molecular weight is 2210 g/mol. The fourth-order valence-corrected chi connectivity index (χ4v) is 127. The second-order valence-electron chi connectivity index (χ2n) is 57.9. The van der Waals surface area contributed by atoms with E-state index in [0.717, 1.165) is 106 Å². The minimum absolute atomic E-state index is 0.475. The standard InChI is InChI=1S/C21H42O3Si4.C19H36O2Si3.C16H36O3Si4.C14H30O4Si4.C14H30O2Si3.C12H24O3Si3/c1-25(2,3)22-28(23-26(4,5)6,24-27(7,8)9)19-14-17-13-18(19)21-16-11-10-15(12-16)20(17)21;1-22(2,3)20-24(7,21-23(4,5)6)17-12-15-11-16(17)19-14-9-8-13(10-14)18(15)19;1-20(2,3)17-23(18-21(4,5)6,19-22(7,8)9)16-13-14-10-11-15(16)12-14;1-19(2)15-20(3,4)17-22(7,18-21(5,6)16-19)14-11-12-8-9-13(14)10-12;1-17(2,3)15-19(7,16-18(4,5)6)14-11-12-8-9-13(14)10-12;1-16(2)13-17(3,4)15-18(5,14-16)12-9-10-6-7-11(12)8-10/h10-11,15-21H,12-14H2,1-9H3;8-9,13-19H,10-12H2,1-7H3;10-11,14-16H,12-13H2,1-9H3;8-9,12-14H,10-11H2,1-7H3;8-9,12-14H,10-11H2,1-7H3;6-7,10-12H,8-9H2,1-5H3. The smallest absolute Gasteiger partial charge is 0.436 e. The first-order valence-electron chi connectivity index (χ1n) is 53.4. The Bertz CT molecular complexity index is 4120. The Balaban J connectivity index is 0.000000137. The molecule has 2 aliphatic heterocycles. The van der Waals surface area contributed by atoms with Crippen LogP contribution in [0.3, 0.4) is 0 Å². The minimum Gasteiger partial charge on any atom is -0.436 e. The van der Waals surface area contributed by atoms with E-state index < -0.39 is 178 Å². The Morgan fingerprint density at radius 3 is 0.672 bits per heavy atom. The summed E-state index contributed by atoms with van der Waals surface area (Å²) >= 11 is 0. The highest BCUT2D eigenvalue weighted by Gasteiger charge is 2.72. The molecule has 18 rings (SSSR count). The van der Waals surface area contributed by atoms with Crippen molar-refractivity contribution in [3.05, 3.63) is 72.9 Å². The van der Waals surface area contributed by atoms with E-state index in [1.165, 1.54) is 89.9 Å². The molecule has 16 aliphatic carbocycles. The molecule has 134 heavy (non-hydrogen) atoms. The molecule has 768 valence electrons. The Morgan fingerprint density at radius 2 is 0.418 bits per heavy atom. The molecule has 0 amide bonds. The molecule has 2 saturated heterocycles. The highest BCUT2D eigenvalue weighted by Crippen LogP contribution is 2.73. The van der Waals surface area contributed by atoms with Gasteiger partial charge in [-0.2, -0.15) is 0 Å². The van der Waals surface area contributed by atoms with Gasteiger partial charge >= 0.3 is 94.7 Å². The van der Waals surface area contributed by atoms with E-state index in [0.29, 0.717) is 45.5 Å². The molecule has 2 heterocycles. The van der Waals surface area contributed by atoms with Crippen LogP contribution in [0.4, 0.5) is 0 Å². The molecule has 16 bridgehead atoms. The molecule has 0 aromatic carbocycles. The first-order valence-corrected chi connectivity index (χ1v) is 115. The minimum atomic E-state index is -2.75. The van der Waals surface area contributed by atoms with Crippen LogP contribution in [0.5, 0.6) is 0 Å². The molecule has 26 unspecified atom stereocenters. The highest BCUT2D eigenvalue weighted by atomic mass is 28.5. The molecule has 10 saturated carbocycles. The van der Waals surface area contributed by atoms with Crippen LogP contribution in [0.15, 0.2) is 72.9 Å². The maximum absolute atomic E-state index is 7.13. The summed E-state index contributed by atoms with van der Waals surface area (Å²) in [6, 6.07) is 0. The maximum atomic E-state index is 7.13. The van der Waals surface area contributed by atoms with Gasteiger partial charge in [0.05, 0.1) is 0 Å². The summed E-state index contributed by atoms with van der Waals surface area (Å²) in [4.78, 5) is 0. The van der Waals surface area contributed by atoms with Crippen molar-refractivity contribution in [1.82, 2.24) is 0 Å². The van der Waals surface area contributed by atoms with Crippen molar-refractivity contribution in [1.29, 1.82) is 0 Å². The second kappa shape index (κ2) is 39.3. The van der Waals surface area contributed by atoms with Gasteiger partial charge in [-0.1, -0.05) is 72.9 Å². The van der Waals surface area contributed by atoms with Gasteiger partial charge < -0.3 is 70.0 Å². The number of hydrogen-bond donors (Lipinski definition) is 0. The van der Waals surface area contributed by atoms with Crippen LogP contribution in [-0.2, 0) is 70.0 Å². The highest BCUT2D eigenvalue weighted by molar-refractivity contribution is 6.96. The third-order valence-corrected chi connectivity index (χ3v) is 106. The van der Waals surface area contributed by atoms with Crippen LogP contribution in [0.25, 0.3) is 0 Å². The summed E-state index contributed by atoms with van der Waals surface area (Å²) in [5, 5.41) is 0. The Hall–Kier alpha value is 2.31. The molecular formula is C96H198O17Si21. The zero-order valence-electron chi connectivity index (χ0n) is 93.3. The molecule has 12 fully saturated rings. The van der Waals surface area contributed by atoms with Gasteiger partial charge in [0.25, 0.3) is 0 Å². The van der Waals surface area contributed by atoms with Crippen LogP contribution < -0.4 is 0 Å². The van der Waals surface area contributed by atoms with Gasteiger partial charge in [-0.25, -0.2) is 0 Å². The molecule has 18 aliphatic rings. The molecule has 0 aromatic heterocycles. The van der Waals surface area contributed by atoms with Gasteiger partial charge in [0.2, 0.25) is 0 Å². The van der Waals surface area contributed by atoms with E-state index in [-0.39, 0.29) is 0 Å². The predicted molar refractivity (Wildman–Crippen MR) is 609 cm³/mol. The molecule has 38 heteroatoms. The Kier molecular flexibility index (Phi) is 33.3. The molecule has 0 radical (unpaired) electrons. The van der Waals surface area contributed by atoms with Crippen LogP contribution in [0.1, 0.15) is 89.9 Å². The van der Waals surface area contributed by atoms with Crippen molar-refractivity contribution in [2.75, 3.05) is 0 Å². The second-order valence-corrected chi connectivity index (χ2v) is 143. The lowest BCUT2D eigenvalue weighted by Crippen LogP contribution is -2.67. The average Bonchev–Trinajstić information content (AvgIpc) is 1.52. The van der Waals surface area contributed by atoms with Crippen molar-refractivity contribution in [2.45, 2.75) is 411 Å². The zero-order chi connectivity index (χ0) is 99.9. The van der Waals surface area contributed by atoms with Crippen LogP contribution in [0, 0.1) is 118 Å². The van der Waals surface area contributed by atoms with Gasteiger partial charge in [-0.15, -0.1) is 0 Å². The fraction of sp³-hybridized carbons (Fsp3) is 0.875. The molecule has 0 spiro atoms.